The zero-order chi connectivity index (χ0) is 14.0. The van der Waals surface area contributed by atoms with Gasteiger partial charge in [0.15, 0.2) is 0 Å². The summed E-state index contributed by atoms with van der Waals surface area (Å²) in [6, 6.07) is 5.75. The highest BCUT2D eigenvalue weighted by Gasteiger charge is 2.30. The van der Waals surface area contributed by atoms with Crippen LogP contribution in [0.2, 0.25) is 0 Å². The summed E-state index contributed by atoms with van der Waals surface area (Å²) in [6.07, 6.45) is 0.745. The number of nitrogens with one attached hydrogen (secondary N) is 1. The largest absolute Gasteiger partial charge is 0.497 e. The lowest BCUT2D eigenvalue weighted by molar-refractivity contribution is -0.156. The molecular formula is C15H21NO3. The first-order chi connectivity index (χ1) is 8.90. The molecule has 0 aromatic heterocycles. The van der Waals surface area contributed by atoms with Crippen molar-refractivity contribution in [2.24, 2.45) is 0 Å². The number of hydrogen-bond acceptors (Lipinski definition) is 4. The van der Waals surface area contributed by atoms with Gasteiger partial charge in [-0.2, -0.15) is 0 Å². The highest BCUT2D eigenvalue weighted by Crippen LogP contribution is 2.35. The Morgan fingerprint density at radius 2 is 2.11 bits per heavy atom. The third-order valence-corrected chi connectivity index (χ3v) is 3.07. The number of fused-ring (bicyclic) bond motifs is 1. The summed E-state index contributed by atoms with van der Waals surface area (Å²) in [5.41, 5.74) is 1.49. The van der Waals surface area contributed by atoms with E-state index in [4.69, 9.17) is 9.47 Å². The Balaban J connectivity index is 2.28. The molecule has 1 atom stereocenters. The van der Waals surface area contributed by atoms with Gasteiger partial charge in [-0.3, -0.25) is 4.79 Å². The molecule has 104 valence electrons. The Kier molecular flexibility index (Phi) is 3.69. The minimum Gasteiger partial charge on any atom is -0.497 e. The smallest absolute Gasteiger partial charge is 0.314 e. The summed E-state index contributed by atoms with van der Waals surface area (Å²) < 4.78 is 10.7. The number of carbonyl (C=O) groups is 1. The van der Waals surface area contributed by atoms with Crippen molar-refractivity contribution in [3.05, 3.63) is 23.8 Å². The maximum atomic E-state index is 12.3. The second kappa shape index (κ2) is 5.11. The van der Waals surface area contributed by atoms with E-state index in [1.165, 1.54) is 0 Å². The van der Waals surface area contributed by atoms with E-state index in [1.54, 1.807) is 7.11 Å². The molecule has 0 aliphatic carbocycles. The molecule has 19 heavy (non-hydrogen) atoms. The Morgan fingerprint density at radius 1 is 1.37 bits per heavy atom. The number of rotatable bonds is 2. The number of methoxy groups -OCH3 is 1. The molecule has 0 radical (unpaired) electrons. The van der Waals surface area contributed by atoms with E-state index in [1.807, 2.05) is 39.0 Å². The van der Waals surface area contributed by atoms with Crippen molar-refractivity contribution >= 4 is 11.7 Å². The van der Waals surface area contributed by atoms with Gasteiger partial charge in [0.1, 0.15) is 11.4 Å². The molecule has 4 heteroatoms. The lowest BCUT2D eigenvalue weighted by Crippen LogP contribution is -2.31. The monoisotopic (exact) mass is 263 g/mol. The van der Waals surface area contributed by atoms with Crippen molar-refractivity contribution in [3.63, 3.8) is 0 Å². The molecule has 1 aliphatic heterocycles. The number of esters is 1. The predicted octanol–water partition coefficient (Wildman–Crippen LogP) is 2.94. The van der Waals surface area contributed by atoms with Crippen molar-refractivity contribution in [2.75, 3.05) is 19.0 Å². The van der Waals surface area contributed by atoms with E-state index in [0.29, 0.717) is 0 Å². The van der Waals surface area contributed by atoms with Crippen molar-refractivity contribution in [1.29, 1.82) is 0 Å². The fourth-order valence-corrected chi connectivity index (χ4v) is 2.24. The summed E-state index contributed by atoms with van der Waals surface area (Å²) in [5.74, 6) is 0.380. The molecule has 0 bridgehead atoms. The minimum atomic E-state index is -0.457. The maximum absolute atomic E-state index is 12.3. The SMILES string of the molecule is COc1ccc2c(c1)C(C(=O)OC(C)(C)C)CCN2. The van der Waals surface area contributed by atoms with E-state index >= 15 is 0 Å². The summed E-state index contributed by atoms with van der Waals surface area (Å²) in [5, 5.41) is 3.30. The van der Waals surface area contributed by atoms with Gasteiger partial charge >= 0.3 is 5.97 Å². The van der Waals surface area contributed by atoms with Gasteiger partial charge in [0.05, 0.1) is 13.0 Å². The molecule has 0 fully saturated rings. The fraction of sp³-hybridized carbons (Fsp3) is 0.533. The Morgan fingerprint density at radius 3 is 2.74 bits per heavy atom. The molecule has 2 rings (SSSR count). The molecule has 1 unspecified atom stereocenters. The Hall–Kier alpha value is -1.71. The van der Waals surface area contributed by atoms with Crippen LogP contribution >= 0.6 is 0 Å². The van der Waals surface area contributed by atoms with Gasteiger partial charge in [0.2, 0.25) is 0 Å². The quantitative estimate of drug-likeness (QED) is 0.833. The molecule has 1 heterocycles. The number of benzene rings is 1. The van der Waals surface area contributed by atoms with Crippen molar-refractivity contribution in [1.82, 2.24) is 0 Å². The summed E-state index contributed by atoms with van der Waals surface area (Å²) in [4.78, 5) is 12.3. The van der Waals surface area contributed by atoms with Crippen LogP contribution in [0.3, 0.4) is 0 Å². The van der Waals surface area contributed by atoms with Gasteiger partial charge < -0.3 is 14.8 Å². The zero-order valence-corrected chi connectivity index (χ0v) is 11.9. The van der Waals surface area contributed by atoms with Gasteiger partial charge in [0, 0.05) is 12.2 Å². The topological polar surface area (TPSA) is 47.6 Å². The van der Waals surface area contributed by atoms with Gasteiger partial charge in [0.25, 0.3) is 0 Å². The molecule has 0 amide bonds. The second-order valence-corrected chi connectivity index (χ2v) is 5.75. The maximum Gasteiger partial charge on any atom is 0.314 e. The van der Waals surface area contributed by atoms with Crippen LogP contribution in [0, 0.1) is 0 Å². The van der Waals surface area contributed by atoms with Crippen molar-refractivity contribution in [2.45, 2.75) is 38.7 Å². The molecule has 1 N–H and O–H groups in total. The van der Waals surface area contributed by atoms with E-state index < -0.39 is 5.60 Å². The third-order valence-electron chi connectivity index (χ3n) is 3.07. The van der Waals surface area contributed by atoms with Gasteiger partial charge in [-0.05, 0) is 51.0 Å². The lowest BCUT2D eigenvalue weighted by Gasteiger charge is -2.29. The Bertz CT molecular complexity index is 477. The van der Waals surface area contributed by atoms with E-state index in [9.17, 15) is 4.79 Å². The normalized spacial score (nSPS) is 18.2. The average Bonchev–Trinajstić information content (AvgIpc) is 2.35. The highest BCUT2D eigenvalue weighted by molar-refractivity contribution is 5.82. The van der Waals surface area contributed by atoms with Crippen molar-refractivity contribution in [3.8, 4) is 5.75 Å². The highest BCUT2D eigenvalue weighted by atomic mass is 16.6. The van der Waals surface area contributed by atoms with Crippen LogP contribution in [0.4, 0.5) is 5.69 Å². The summed E-state index contributed by atoms with van der Waals surface area (Å²) >= 11 is 0. The van der Waals surface area contributed by atoms with E-state index in [2.05, 4.69) is 5.32 Å². The van der Waals surface area contributed by atoms with Crippen LogP contribution in [0.5, 0.6) is 5.75 Å². The summed E-state index contributed by atoms with van der Waals surface area (Å²) in [6.45, 7) is 6.44. The standard InChI is InChI=1S/C15H21NO3/c1-15(2,3)19-14(17)11-7-8-16-13-6-5-10(18-4)9-12(11)13/h5-6,9,11,16H,7-8H2,1-4H3. The average molecular weight is 263 g/mol. The van der Waals surface area contributed by atoms with E-state index in [-0.39, 0.29) is 11.9 Å². The van der Waals surface area contributed by atoms with Crippen LogP contribution in [0.1, 0.15) is 38.7 Å². The second-order valence-electron chi connectivity index (χ2n) is 5.75. The van der Waals surface area contributed by atoms with Gasteiger partial charge in [-0.25, -0.2) is 0 Å². The first-order valence-electron chi connectivity index (χ1n) is 6.55. The molecule has 0 spiro atoms. The number of ether oxygens (including phenoxy) is 2. The first-order valence-corrected chi connectivity index (χ1v) is 6.55. The predicted molar refractivity (Wildman–Crippen MR) is 74.7 cm³/mol. The molecule has 1 aliphatic rings. The molecule has 0 saturated heterocycles. The van der Waals surface area contributed by atoms with E-state index in [0.717, 1.165) is 30.0 Å². The molecular weight excluding hydrogens is 242 g/mol. The number of carbonyl (C=O) groups excluding carboxylic acids is 1. The lowest BCUT2D eigenvalue weighted by atomic mass is 9.90. The van der Waals surface area contributed by atoms with Crippen LogP contribution in [0.25, 0.3) is 0 Å². The first kappa shape index (κ1) is 13.7. The molecule has 4 nitrogen and oxygen atoms in total. The fourth-order valence-electron chi connectivity index (χ4n) is 2.24. The Labute approximate surface area is 114 Å². The minimum absolute atomic E-state index is 0.163. The zero-order valence-electron chi connectivity index (χ0n) is 11.9. The summed E-state index contributed by atoms with van der Waals surface area (Å²) in [7, 11) is 1.63. The van der Waals surface area contributed by atoms with Gasteiger partial charge in [-0.15, -0.1) is 0 Å². The van der Waals surface area contributed by atoms with Crippen LogP contribution in [-0.2, 0) is 9.53 Å². The molecule has 1 aromatic carbocycles. The molecule has 1 aromatic rings. The third kappa shape index (κ3) is 3.19. The van der Waals surface area contributed by atoms with Crippen molar-refractivity contribution < 1.29 is 14.3 Å². The van der Waals surface area contributed by atoms with Crippen LogP contribution in [-0.4, -0.2) is 25.2 Å². The number of anilines is 1. The van der Waals surface area contributed by atoms with Crippen LogP contribution < -0.4 is 10.1 Å². The van der Waals surface area contributed by atoms with Gasteiger partial charge in [-0.1, -0.05) is 0 Å². The molecule has 0 saturated carbocycles. The number of hydrogen-bond donors (Lipinski definition) is 1. The van der Waals surface area contributed by atoms with Crippen LogP contribution in [0.15, 0.2) is 18.2 Å².